The molecule has 42 heavy (non-hydrogen) atoms. The molecule has 0 bridgehead atoms. The first kappa shape index (κ1) is 28.6. The number of halogens is 3. The van der Waals surface area contributed by atoms with Crippen LogP contribution >= 0.6 is 46.6 Å². The molecule has 0 radical (unpaired) electrons. The van der Waals surface area contributed by atoms with Gasteiger partial charge in [0.2, 0.25) is 5.89 Å². The van der Waals surface area contributed by atoms with E-state index >= 15 is 0 Å². The van der Waals surface area contributed by atoms with E-state index in [9.17, 15) is 4.79 Å². The van der Waals surface area contributed by atoms with Crippen LogP contribution in [0.25, 0.3) is 5.69 Å². The molecule has 1 aliphatic rings. The Kier molecular flexibility index (Phi) is 8.71. The normalized spacial score (nSPS) is 13.5. The number of hydrogen-bond donors (Lipinski definition) is 0. The highest BCUT2D eigenvalue weighted by Gasteiger charge is 2.25. The number of thioether (sulfide) groups is 1. The molecule has 214 valence electrons. The fourth-order valence-corrected chi connectivity index (χ4v) is 6.07. The van der Waals surface area contributed by atoms with Crippen molar-refractivity contribution in [2.75, 3.05) is 31.1 Å². The maximum Gasteiger partial charge on any atom is 0.275 e. The average molecular weight is 640 g/mol. The van der Waals surface area contributed by atoms with Crippen LogP contribution in [0.2, 0.25) is 15.1 Å². The van der Waals surface area contributed by atoms with Crippen LogP contribution in [0.5, 0.6) is 0 Å². The van der Waals surface area contributed by atoms with Gasteiger partial charge in [-0.25, -0.2) is 4.98 Å². The highest BCUT2D eigenvalue weighted by atomic mass is 35.5. The number of amides is 1. The molecule has 3 aromatic carbocycles. The third kappa shape index (κ3) is 6.44. The van der Waals surface area contributed by atoms with Crippen molar-refractivity contribution >= 4 is 58.2 Å². The van der Waals surface area contributed by atoms with Crippen molar-refractivity contribution in [1.29, 1.82) is 0 Å². The van der Waals surface area contributed by atoms with Gasteiger partial charge in [0.25, 0.3) is 5.91 Å². The van der Waals surface area contributed by atoms with Crippen LogP contribution in [0.4, 0.5) is 5.69 Å². The minimum atomic E-state index is -0.148. The lowest BCUT2D eigenvalue weighted by atomic mass is 10.1. The second-order valence-electron chi connectivity index (χ2n) is 9.67. The van der Waals surface area contributed by atoms with Crippen LogP contribution < -0.4 is 4.90 Å². The standard InChI is InChI=1S/C30H25Cl3N6O2S/c31-21-7-4-8-22(16-21)37-11-13-38(14-12-37)29(40)26-18-41-28(34-26)19-42-30-36-35-27(15-20-5-2-1-3-6-20)39(30)23-9-10-24(32)25(33)17-23/h1-10,16-18H,11-15,19H2. The van der Waals surface area contributed by atoms with Crippen molar-refractivity contribution in [3.63, 3.8) is 0 Å². The quantitative estimate of drug-likeness (QED) is 0.168. The first-order valence-electron chi connectivity index (χ1n) is 13.3. The van der Waals surface area contributed by atoms with E-state index < -0.39 is 0 Å². The van der Waals surface area contributed by atoms with Crippen molar-refractivity contribution < 1.29 is 9.21 Å². The summed E-state index contributed by atoms with van der Waals surface area (Å²) in [5.74, 6) is 1.39. The third-order valence-electron chi connectivity index (χ3n) is 6.90. The zero-order valence-electron chi connectivity index (χ0n) is 22.3. The summed E-state index contributed by atoms with van der Waals surface area (Å²) in [5, 5.41) is 11.2. The topological polar surface area (TPSA) is 80.3 Å². The van der Waals surface area contributed by atoms with Gasteiger partial charge in [0.05, 0.1) is 21.5 Å². The number of nitrogens with zero attached hydrogens (tertiary/aromatic N) is 6. The van der Waals surface area contributed by atoms with Crippen molar-refractivity contribution in [2.24, 2.45) is 0 Å². The summed E-state index contributed by atoms with van der Waals surface area (Å²) in [4.78, 5) is 21.7. The van der Waals surface area contributed by atoms with Gasteiger partial charge < -0.3 is 14.2 Å². The molecule has 0 atom stereocenters. The van der Waals surface area contributed by atoms with Crippen molar-refractivity contribution in [1.82, 2.24) is 24.6 Å². The molecule has 12 heteroatoms. The number of rotatable bonds is 8. The predicted octanol–water partition coefficient (Wildman–Crippen LogP) is 7.06. The number of piperazine rings is 1. The molecule has 2 aromatic heterocycles. The van der Waals surface area contributed by atoms with Gasteiger partial charge in [-0.2, -0.15) is 0 Å². The number of hydrogen-bond acceptors (Lipinski definition) is 7. The van der Waals surface area contributed by atoms with E-state index in [-0.39, 0.29) is 11.6 Å². The van der Waals surface area contributed by atoms with Crippen LogP contribution in [0, 0.1) is 0 Å². The van der Waals surface area contributed by atoms with Gasteiger partial charge in [0.1, 0.15) is 12.1 Å². The Balaban J connectivity index is 1.14. The van der Waals surface area contributed by atoms with Crippen molar-refractivity contribution in [3.05, 3.63) is 117 Å². The molecule has 5 aromatic rings. The first-order valence-corrected chi connectivity index (χ1v) is 15.4. The molecule has 0 N–H and O–H groups in total. The molecular formula is C30H25Cl3N6O2S. The summed E-state index contributed by atoms with van der Waals surface area (Å²) in [6.45, 7) is 2.59. The van der Waals surface area contributed by atoms with Crippen LogP contribution in [0.15, 0.2) is 88.6 Å². The lowest BCUT2D eigenvalue weighted by Crippen LogP contribution is -2.48. The summed E-state index contributed by atoms with van der Waals surface area (Å²) >= 11 is 20.1. The Hall–Kier alpha value is -3.50. The second-order valence-corrected chi connectivity index (χ2v) is 11.9. The maximum atomic E-state index is 13.2. The molecule has 1 fully saturated rings. The zero-order chi connectivity index (χ0) is 29.1. The van der Waals surface area contributed by atoms with Gasteiger partial charge in [-0.05, 0) is 42.0 Å². The van der Waals surface area contributed by atoms with E-state index in [2.05, 4.69) is 20.1 Å². The first-order chi connectivity index (χ1) is 20.4. The molecule has 0 aliphatic carbocycles. The molecule has 0 unspecified atom stereocenters. The number of benzene rings is 3. The van der Waals surface area contributed by atoms with E-state index in [4.69, 9.17) is 39.2 Å². The van der Waals surface area contributed by atoms with Crippen LogP contribution in [-0.4, -0.2) is 56.7 Å². The SMILES string of the molecule is O=C(c1coc(CSc2nnc(Cc3ccccc3)n2-c2ccc(Cl)c(Cl)c2)n1)N1CCN(c2cccc(Cl)c2)CC1. The predicted molar refractivity (Wildman–Crippen MR) is 166 cm³/mol. The van der Waals surface area contributed by atoms with E-state index in [0.717, 1.165) is 22.8 Å². The number of carbonyl (C=O) groups is 1. The van der Waals surface area contributed by atoms with Crippen molar-refractivity contribution in [3.8, 4) is 5.69 Å². The highest BCUT2D eigenvalue weighted by molar-refractivity contribution is 7.98. The Labute approximate surface area is 262 Å². The van der Waals surface area contributed by atoms with E-state index in [0.29, 0.717) is 64.5 Å². The molecule has 1 saturated heterocycles. The van der Waals surface area contributed by atoms with Crippen LogP contribution in [0.3, 0.4) is 0 Å². The summed E-state index contributed by atoms with van der Waals surface area (Å²) < 4.78 is 7.64. The van der Waals surface area contributed by atoms with E-state index in [1.54, 1.807) is 17.0 Å². The second kappa shape index (κ2) is 12.8. The smallest absolute Gasteiger partial charge is 0.275 e. The Morgan fingerprint density at radius 2 is 1.67 bits per heavy atom. The molecule has 0 spiro atoms. The molecule has 1 amide bonds. The largest absolute Gasteiger partial charge is 0.447 e. The lowest BCUT2D eigenvalue weighted by molar-refractivity contribution is 0.0740. The summed E-state index contributed by atoms with van der Waals surface area (Å²) in [6, 6.07) is 23.2. The van der Waals surface area contributed by atoms with Gasteiger partial charge in [0, 0.05) is 43.3 Å². The fraction of sp³-hybridized carbons (Fsp3) is 0.200. The zero-order valence-corrected chi connectivity index (χ0v) is 25.4. The van der Waals surface area contributed by atoms with Crippen molar-refractivity contribution in [2.45, 2.75) is 17.3 Å². The summed E-state index contributed by atoms with van der Waals surface area (Å²) in [7, 11) is 0. The number of aromatic nitrogens is 4. The molecule has 6 rings (SSSR count). The Bertz CT molecular complexity index is 1700. The highest BCUT2D eigenvalue weighted by Crippen LogP contribution is 2.30. The van der Waals surface area contributed by atoms with Crippen LogP contribution in [0.1, 0.15) is 27.8 Å². The number of anilines is 1. The van der Waals surface area contributed by atoms with Gasteiger partial charge in [-0.1, -0.05) is 83.0 Å². The average Bonchev–Trinajstić information content (AvgIpc) is 3.65. The van der Waals surface area contributed by atoms with Gasteiger partial charge in [-0.3, -0.25) is 9.36 Å². The third-order valence-corrected chi connectivity index (χ3v) is 8.79. The summed E-state index contributed by atoms with van der Waals surface area (Å²) in [6.07, 6.45) is 2.00. The van der Waals surface area contributed by atoms with E-state index in [1.807, 2.05) is 65.2 Å². The van der Waals surface area contributed by atoms with Crippen LogP contribution in [-0.2, 0) is 12.2 Å². The fourth-order valence-electron chi connectivity index (χ4n) is 4.77. The molecular weight excluding hydrogens is 615 g/mol. The lowest BCUT2D eigenvalue weighted by Gasteiger charge is -2.35. The molecule has 1 aliphatic heterocycles. The monoisotopic (exact) mass is 638 g/mol. The number of carbonyl (C=O) groups excluding carboxylic acids is 1. The minimum absolute atomic E-state index is 0.148. The molecule has 3 heterocycles. The van der Waals surface area contributed by atoms with Gasteiger partial charge >= 0.3 is 0 Å². The summed E-state index contributed by atoms with van der Waals surface area (Å²) in [5.41, 5.74) is 3.24. The minimum Gasteiger partial charge on any atom is -0.447 e. The Morgan fingerprint density at radius 3 is 2.43 bits per heavy atom. The molecule has 0 saturated carbocycles. The maximum absolute atomic E-state index is 13.2. The number of oxazole rings is 1. The van der Waals surface area contributed by atoms with Gasteiger partial charge in [0.15, 0.2) is 10.9 Å². The van der Waals surface area contributed by atoms with E-state index in [1.165, 1.54) is 18.0 Å². The Morgan fingerprint density at radius 1 is 0.857 bits per heavy atom. The molecule has 8 nitrogen and oxygen atoms in total. The van der Waals surface area contributed by atoms with Gasteiger partial charge in [-0.15, -0.1) is 10.2 Å².